The minimum absolute atomic E-state index is 0.0150. The van der Waals surface area contributed by atoms with Crippen LogP contribution >= 0.6 is 0 Å². The van der Waals surface area contributed by atoms with E-state index in [0.29, 0.717) is 15.9 Å². The number of esters is 1. The van der Waals surface area contributed by atoms with Gasteiger partial charge in [-0.25, -0.2) is 0 Å². The van der Waals surface area contributed by atoms with E-state index in [-0.39, 0.29) is 17.7 Å². The van der Waals surface area contributed by atoms with E-state index >= 15 is 0 Å². The maximum atomic E-state index is 12.1. The summed E-state index contributed by atoms with van der Waals surface area (Å²) < 4.78 is 17.0. The molecule has 0 aliphatic rings. The fourth-order valence-corrected chi connectivity index (χ4v) is 4.68. The molecule has 0 amide bonds. The molecule has 0 bridgehead atoms. The Kier molecular flexibility index (Phi) is 6.48. The minimum atomic E-state index is -1.15. The van der Waals surface area contributed by atoms with Gasteiger partial charge in [0.2, 0.25) is 0 Å². The Hall–Kier alpha value is -2.46. The van der Waals surface area contributed by atoms with Crippen molar-refractivity contribution in [2.75, 3.05) is 20.8 Å². The van der Waals surface area contributed by atoms with E-state index in [1.165, 1.54) is 6.07 Å². The summed E-state index contributed by atoms with van der Waals surface area (Å²) in [5.74, 6) is -0.510. The summed E-state index contributed by atoms with van der Waals surface area (Å²) in [6.07, 6.45) is 0. The van der Waals surface area contributed by atoms with Gasteiger partial charge in [-0.1, -0.05) is 0 Å². The predicted molar refractivity (Wildman–Crippen MR) is 93.9 cm³/mol. The van der Waals surface area contributed by atoms with Gasteiger partial charge in [0.05, 0.1) is 0 Å². The van der Waals surface area contributed by atoms with Crippen LogP contribution in [0.4, 0.5) is 0 Å². The third-order valence-corrected chi connectivity index (χ3v) is 5.95. The van der Waals surface area contributed by atoms with Crippen molar-refractivity contribution in [1.82, 2.24) is 0 Å². The van der Waals surface area contributed by atoms with Crippen molar-refractivity contribution in [2.24, 2.45) is 0 Å². The summed E-state index contributed by atoms with van der Waals surface area (Å²) in [6, 6.07) is 10.2. The molecule has 2 rings (SSSR count). The third kappa shape index (κ3) is 4.34. The Balaban J connectivity index is 2.48. The molecule has 1 radical (unpaired) electrons. The van der Waals surface area contributed by atoms with Crippen LogP contribution in [0.5, 0.6) is 11.5 Å². The number of ether oxygens (including phenoxy) is 3. The quantitative estimate of drug-likeness (QED) is 0.552. The Morgan fingerprint density at radius 1 is 1.08 bits per heavy atom. The van der Waals surface area contributed by atoms with Crippen LogP contribution in [0.3, 0.4) is 0 Å². The summed E-state index contributed by atoms with van der Waals surface area (Å²) in [5, 5.41) is 9.61. The molecule has 25 heavy (non-hydrogen) atoms. The van der Waals surface area contributed by atoms with E-state index in [9.17, 15) is 14.7 Å². The summed E-state index contributed by atoms with van der Waals surface area (Å²) in [6.45, 7) is 1.86. The SMILES string of the molecule is CCOC(=O)c1cccc([As]c2ccc(OC)cc2OC)c1C(=O)O. The van der Waals surface area contributed by atoms with Gasteiger partial charge in [0.25, 0.3) is 0 Å². The second-order valence-electron chi connectivity index (χ2n) is 4.87. The molecule has 1 N–H and O–H groups in total. The first kappa shape index (κ1) is 18.9. The number of hydrogen-bond acceptors (Lipinski definition) is 5. The number of methoxy groups -OCH3 is 2. The number of carboxylic acid groups (broad SMARTS) is 1. The first-order valence-corrected chi connectivity index (χ1v) is 9.36. The van der Waals surface area contributed by atoms with Crippen LogP contribution in [0.2, 0.25) is 0 Å². The molecular weight excluding hydrogens is 387 g/mol. The molecule has 0 aromatic heterocycles. The van der Waals surface area contributed by atoms with E-state index in [0.717, 1.165) is 4.35 Å². The number of benzene rings is 2. The molecular formula is C18H18AsO6. The molecule has 0 unspecified atom stereocenters. The summed E-state index contributed by atoms with van der Waals surface area (Å²) >= 11 is -0.719. The van der Waals surface area contributed by atoms with Gasteiger partial charge in [0.1, 0.15) is 0 Å². The van der Waals surface area contributed by atoms with Gasteiger partial charge in [0, 0.05) is 0 Å². The second kappa shape index (κ2) is 8.58. The molecule has 2 aromatic rings. The predicted octanol–water partition coefficient (Wildman–Crippen LogP) is 1.23. The van der Waals surface area contributed by atoms with Crippen molar-refractivity contribution in [2.45, 2.75) is 6.92 Å². The molecule has 0 heterocycles. The number of rotatable bonds is 7. The van der Waals surface area contributed by atoms with E-state index in [2.05, 4.69) is 0 Å². The van der Waals surface area contributed by atoms with Gasteiger partial charge in [-0.15, -0.1) is 0 Å². The zero-order valence-corrected chi connectivity index (χ0v) is 16.0. The van der Waals surface area contributed by atoms with Crippen LogP contribution in [0, 0.1) is 0 Å². The Morgan fingerprint density at radius 3 is 2.44 bits per heavy atom. The maximum absolute atomic E-state index is 12.1. The third-order valence-electron chi connectivity index (χ3n) is 3.38. The fourth-order valence-electron chi connectivity index (χ4n) is 2.24. The van der Waals surface area contributed by atoms with E-state index in [1.54, 1.807) is 45.4 Å². The van der Waals surface area contributed by atoms with E-state index in [4.69, 9.17) is 14.2 Å². The van der Waals surface area contributed by atoms with Crippen LogP contribution in [-0.4, -0.2) is 53.6 Å². The topological polar surface area (TPSA) is 82.1 Å². The van der Waals surface area contributed by atoms with Gasteiger partial charge >= 0.3 is 152 Å². The molecule has 131 valence electrons. The van der Waals surface area contributed by atoms with Crippen molar-refractivity contribution in [3.8, 4) is 11.5 Å². The van der Waals surface area contributed by atoms with Crippen LogP contribution in [0.1, 0.15) is 27.6 Å². The molecule has 0 aliphatic carbocycles. The first-order chi connectivity index (χ1) is 12.0. The van der Waals surface area contributed by atoms with E-state index in [1.807, 2.05) is 6.07 Å². The first-order valence-electron chi connectivity index (χ1n) is 7.49. The Labute approximate surface area is 152 Å². The average Bonchev–Trinajstić information content (AvgIpc) is 2.61. The molecule has 0 fully saturated rings. The fraction of sp³-hybridized carbons (Fsp3) is 0.222. The standard InChI is InChI=1S/C18H18AsO6/c1-4-25-18(22)12-6-5-7-14(16(12)17(20)21)19-13-9-8-11(23-2)10-15(13)24-3/h5-10H,4H2,1-3H3,(H,20,21). The van der Waals surface area contributed by atoms with Crippen LogP contribution in [0.25, 0.3) is 0 Å². The normalized spacial score (nSPS) is 10.7. The second-order valence-corrected chi connectivity index (χ2v) is 7.37. The molecule has 0 atom stereocenters. The van der Waals surface area contributed by atoms with Crippen LogP contribution in [-0.2, 0) is 4.74 Å². The zero-order valence-electron chi connectivity index (χ0n) is 14.1. The zero-order chi connectivity index (χ0) is 18.4. The Bertz CT molecular complexity index is 787. The number of hydrogen-bond donors (Lipinski definition) is 1. The molecule has 0 saturated carbocycles. The van der Waals surface area contributed by atoms with Crippen molar-refractivity contribution >= 4 is 36.4 Å². The van der Waals surface area contributed by atoms with Gasteiger partial charge in [-0.05, 0) is 0 Å². The molecule has 2 aromatic carbocycles. The average molecular weight is 405 g/mol. The number of carbonyl (C=O) groups excluding carboxylic acids is 1. The molecule has 0 saturated heterocycles. The van der Waals surface area contributed by atoms with Crippen molar-refractivity contribution in [1.29, 1.82) is 0 Å². The van der Waals surface area contributed by atoms with Crippen LogP contribution < -0.4 is 18.2 Å². The summed E-state index contributed by atoms with van der Waals surface area (Å²) in [4.78, 5) is 23.8. The monoisotopic (exact) mass is 405 g/mol. The summed E-state index contributed by atoms with van der Waals surface area (Å²) in [5.41, 5.74) is 0.0495. The molecule has 0 spiro atoms. The molecule has 6 nitrogen and oxygen atoms in total. The number of aromatic carboxylic acids is 1. The van der Waals surface area contributed by atoms with Crippen molar-refractivity contribution in [3.05, 3.63) is 47.5 Å². The van der Waals surface area contributed by atoms with Gasteiger partial charge < -0.3 is 0 Å². The summed E-state index contributed by atoms with van der Waals surface area (Å²) in [7, 11) is 3.11. The van der Waals surface area contributed by atoms with Gasteiger partial charge in [-0.3, -0.25) is 0 Å². The van der Waals surface area contributed by atoms with E-state index < -0.39 is 27.7 Å². The molecule has 0 aliphatic heterocycles. The van der Waals surface area contributed by atoms with Crippen molar-refractivity contribution < 1.29 is 28.9 Å². The molecule has 7 heteroatoms. The van der Waals surface area contributed by atoms with Crippen LogP contribution in [0.15, 0.2) is 36.4 Å². The number of carbonyl (C=O) groups is 2. The van der Waals surface area contributed by atoms with Crippen molar-refractivity contribution in [3.63, 3.8) is 0 Å². The van der Waals surface area contributed by atoms with Gasteiger partial charge in [-0.2, -0.15) is 0 Å². The Morgan fingerprint density at radius 2 is 1.84 bits per heavy atom. The van der Waals surface area contributed by atoms with Gasteiger partial charge in [0.15, 0.2) is 0 Å². The number of carboxylic acids is 1.